The third kappa shape index (κ3) is 6.06. The number of nitriles is 1. The Bertz CT molecular complexity index is 1180. The molecule has 0 unspecified atom stereocenters. The molecule has 162 valence electrons. The van der Waals surface area contributed by atoms with Gasteiger partial charge in [-0.1, -0.05) is 30.0 Å². The van der Waals surface area contributed by atoms with Crippen molar-refractivity contribution in [3.63, 3.8) is 0 Å². The molecule has 0 fully saturated rings. The molecule has 0 radical (unpaired) electrons. The number of hydrogen-bond acceptors (Lipinski definition) is 6. The van der Waals surface area contributed by atoms with Gasteiger partial charge in [-0.2, -0.15) is 5.26 Å². The highest BCUT2D eigenvalue weighted by molar-refractivity contribution is 7.99. The lowest BCUT2D eigenvalue weighted by Gasteiger charge is -2.12. The highest BCUT2D eigenvalue weighted by atomic mass is 32.2. The molecule has 0 aliphatic carbocycles. The van der Waals surface area contributed by atoms with Gasteiger partial charge in [0.1, 0.15) is 11.6 Å². The van der Waals surface area contributed by atoms with Gasteiger partial charge in [0.2, 0.25) is 0 Å². The third-order valence-corrected chi connectivity index (χ3v) is 5.40. The zero-order valence-corrected chi connectivity index (χ0v) is 17.6. The van der Waals surface area contributed by atoms with Gasteiger partial charge in [0.25, 0.3) is 11.6 Å². The van der Waals surface area contributed by atoms with Gasteiger partial charge in [-0.3, -0.25) is 14.9 Å². The zero-order chi connectivity index (χ0) is 22.9. The van der Waals surface area contributed by atoms with E-state index in [-0.39, 0.29) is 11.3 Å². The second kappa shape index (κ2) is 10.9. The van der Waals surface area contributed by atoms with Gasteiger partial charge < -0.3 is 10.1 Å². The van der Waals surface area contributed by atoms with E-state index in [2.05, 4.69) is 5.32 Å². The van der Waals surface area contributed by atoms with Crippen LogP contribution in [0.25, 0.3) is 0 Å². The number of nitro groups is 1. The van der Waals surface area contributed by atoms with E-state index in [1.165, 1.54) is 24.3 Å². The number of hydrogen-bond donors (Lipinski definition) is 1. The summed E-state index contributed by atoms with van der Waals surface area (Å²) in [6, 6.07) is 18.7. The second-order valence-electron chi connectivity index (χ2n) is 6.56. The Morgan fingerprint density at radius 1 is 1.12 bits per heavy atom. The Kier molecular flexibility index (Phi) is 7.78. The van der Waals surface area contributed by atoms with Crippen LogP contribution in [0.4, 0.5) is 15.8 Å². The first-order valence-corrected chi connectivity index (χ1v) is 10.4. The highest BCUT2D eigenvalue weighted by Crippen LogP contribution is 2.34. The maximum absolute atomic E-state index is 14.1. The molecule has 0 atom stereocenters. The Balaban J connectivity index is 1.83. The fourth-order valence-corrected chi connectivity index (χ4v) is 3.69. The van der Waals surface area contributed by atoms with Crippen molar-refractivity contribution in [1.29, 1.82) is 5.26 Å². The molecule has 0 aromatic heterocycles. The number of amides is 1. The number of halogens is 1. The summed E-state index contributed by atoms with van der Waals surface area (Å²) >= 11 is 1.01. The van der Waals surface area contributed by atoms with Crippen LogP contribution >= 0.6 is 11.8 Å². The number of benzene rings is 3. The number of anilines is 1. The molecular weight excluding hydrogens is 433 g/mol. The van der Waals surface area contributed by atoms with Crippen molar-refractivity contribution >= 4 is 29.0 Å². The first-order chi connectivity index (χ1) is 15.5. The number of carbonyl (C=O) groups is 1. The van der Waals surface area contributed by atoms with E-state index >= 15 is 0 Å². The molecule has 1 amide bonds. The van der Waals surface area contributed by atoms with Gasteiger partial charge in [-0.15, -0.1) is 0 Å². The highest BCUT2D eigenvalue weighted by Gasteiger charge is 2.19. The van der Waals surface area contributed by atoms with Crippen LogP contribution in [0.5, 0.6) is 5.75 Å². The van der Waals surface area contributed by atoms with E-state index in [9.17, 15) is 19.3 Å². The molecule has 3 rings (SSSR count). The molecule has 7 nitrogen and oxygen atoms in total. The Hall–Kier alpha value is -3.90. The molecule has 0 aliphatic rings. The van der Waals surface area contributed by atoms with Crippen molar-refractivity contribution in [1.82, 2.24) is 0 Å². The number of nitrogens with zero attached hydrogens (tertiary/aromatic N) is 2. The molecular formula is C23H18FN3O4S. The molecule has 0 spiro atoms. The molecule has 0 heterocycles. The summed E-state index contributed by atoms with van der Waals surface area (Å²) in [5.74, 6) is -0.515. The molecule has 0 aliphatic heterocycles. The van der Waals surface area contributed by atoms with E-state index in [1.807, 2.05) is 6.07 Å². The minimum atomic E-state index is -0.593. The lowest BCUT2D eigenvalue weighted by Crippen LogP contribution is -2.13. The molecule has 9 heteroatoms. The average Bonchev–Trinajstić information content (AvgIpc) is 2.78. The van der Waals surface area contributed by atoms with Crippen molar-refractivity contribution in [2.75, 3.05) is 11.9 Å². The number of nitro benzene ring substituents is 1. The van der Waals surface area contributed by atoms with Gasteiger partial charge in [0.15, 0.2) is 0 Å². The quantitative estimate of drug-likeness (QED) is 0.250. The van der Waals surface area contributed by atoms with Crippen LogP contribution in [-0.2, 0) is 0 Å². The van der Waals surface area contributed by atoms with E-state index in [0.717, 1.165) is 11.8 Å². The van der Waals surface area contributed by atoms with E-state index < -0.39 is 16.6 Å². The fraction of sp³-hybridized carbons (Fsp3) is 0.130. The summed E-state index contributed by atoms with van der Waals surface area (Å²) in [5, 5.41) is 22.5. The van der Waals surface area contributed by atoms with E-state index in [4.69, 9.17) is 10.00 Å². The smallest absolute Gasteiger partial charge is 0.270 e. The van der Waals surface area contributed by atoms with Gasteiger partial charge in [0.05, 0.1) is 23.2 Å². The summed E-state index contributed by atoms with van der Waals surface area (Å²) < 4.78 is 19.7. The fourth-order valence-electron chi connectivity index (χ4n) is 2.75. The number of carbonyl (C=O) groups excluding carboxylic acids is 1. The van der Waals surface area contributed by atoms with E-state index in [0.29, 0.717) is 40.7 Å². The van der Waals surface area contributed by atoms with Gasteiger partial charge in [-0.25, -0.2) is 4.39 Å². The normalized spacial score (nSPS) is 10.2. The summed E-state index contributed by atoms with van der Waals surface area (Å²) in [4.78, 5) is 24.3. The van der Waals surface area contributed by atoms with Gasteiger partial charge in [0, 0.05) is 40.1 Å². The summed E-state index contributed by atoms with van der Waals surface area (Å²) in [6.07, 6.45) is 0.961. The molecule has 1 N–H and O–H groups in total. The predicted molar refractivity (Wildman–Crippen MR) is 118 cm³/mol. The van der Waals surface area contributed by atoms with Crippen LogP contribution in [-0.4, -0.2) is 17.4 Å². The summed E-state index contributed by atoms with van der Waals surface area (Å²) in [7, 11) is 0. The van der Waals surface area contributed by atoms with Crippen LogP contribution in [0.2, 0.25) is 0 Å². The van der Waals surface area contributed by atoms with Crippen molar-refractivity contribution in [2.45, 2.75) is 22.6 Å². The van der Waals surface area contributed by atoms with Crippen molar-refractivity contribution in [3.05, 3.63) is 88.2 Å². The third-order valence-electron chi connectivity index (χ3n) is 4.27. The Morgan fingerprint density at radius 2 is 1.94 bits per heavy atom. The molecule has 0 bridgehead atoms. The first-order valence-electron chi connectivity index (χ1n) is 9.60. The summed E-state index contributed by atoms with van der Waals surface area (Å²) in [6.45, 7) is 0.360. The maximum atomic E-state index is 14.1. The van der Waals surface area contributed by atoms with Crippen molar-refractivity contribution in [2.24, 2.45) is 0 Å². The standard InChI is InChI=1S/C23H18FN3O4S/c24-20-8-1-2-9-22(20)32-21-11-10-17(27(29)30)15-19(21)23(28)26-16-6-5-7-18(14-16)31-13-4-3-12-25/h1-2,5-11,14-15H,3-4,13H2,(H,26,28). The Morgan fingerprint density at radius 3 is 2.69 bits per heavy atom. The first kappa shape index (κ1) is 22.8. The van der Waals surface area contributed by atoms with Crippen LogP contribution in [0.15, 0.2) is 76.5 Å². The van der Waals surface area contributed by atoms with Crippen LogP contribution in [0.1, 0.15) is 23.2 Å². The SMILES string of the molecule is N#CCCCOc1cccc(NC(=O)c2cc([N+](=O)[O-])ccc2Sc2ccccc2F)c1. The van der Waals surface area contributed by atoms with Crippen molar-refractivity contribution in [3.8, 4) is 11.8 Å². The lowest BCUT2D eigenvalue weighted by atomic mass is 10.1. The number of non-ortho nitro benzene ring substituents is 1. The molecule has 0 saturated heterocycles. The van der Waals surface area contributed by atoms with Crippen LogP contribution < -0.4 is 10.1 Å². The lowest BCUT2D eigenvalue weighted by molar-refractivity contribution is -0.384. The number of nitrogens with one attached hydrogen (secondary N) is 1. The topological polar surface area (TPSA) is 105 Å². The molecule has 3 aromatic rings. The van der Waals surface area contributed by atoms with Crippen LogP contribution in [0.3, 0.4) is 0 Å². The molecule has 0 saturated carbocycles. The minimum Gasteiger partial charge on any atom is -0.493 e. The Labute approximate surface area is 188 Å². The zero-order valence-electron chi connectivity index (χ0n) is 16.8. The number of ether oxygens (including phenoxy) is 1. The maximum Gasteiger partial charge on any atom is 0.270 e. The average molecular weight is 451 g/mol. The van der Waals surface area contributed by atoms with Crippen molar-refractivity contribution < 1.29 is 18.8 Å². The predicted octanol–water partition coefficient (Wildman–Crippen LogP) is 5.82. The van der Waals surface area contributed by atoms with Gasteiger partial charge >= 0.3 is 0 Å². The van der Waals surface area contributed by atoms with Crippen LogP contribution in [0, 0.1) is 27.3 Å². The monoisotopic (exact) mass is 451 g/mol. The largest absolute Gasteiger partial charge is 0.493 e. The second-order valence-corrected chi connectivity index (χ2v) is 7.65. The van der Waals surface area contributed by atoms with Gasteiger partial charge in [-0.05, 0) is 36.8 Å². The number of unbranched alkanes of at least 4 members (excludes halogenated alkanes) is 1. The minimum absolute atomic E-state index is 0.0489. The number of rotatable bonds is 9. The molecule has 3 aromatic carbocycles. The van der Waals surface area contributed by atoms with E-state index in [1.54, 1.807) is 42.5 Å². The summed E-state index contributed by atoms with van der Waals surface area (Å²) in [5.41, 5.74) is 0.233. The molecule has 32 heavy (non-hydrogen) atoms.